The zero-order valence-electron chi connectivity index (χ0n) is 27.5. The van der Waals surface area contributed by atoms with Gasteiger partial charge in [0.1, 0.15) is 30.0 Å². The second kappa shape index (κ2) is 15.4. The molecule has 2 aromatic rings. The number of nitrogens with one attached hydrogen (secondary N) is 1. The Morgan fingerprint density at radius 2 is 1.84 bits per heavy atom. The zero-order valence-corrected chi connectivity index (χ0v) is 27.5. The van der Waals surface area contributed by atoms with Gasteiger partial charge in [-0.05, 0) is 63.1 Å². The van der Waals surface area contributed by atoms with Gasteiger partial charge in [0.15, 0.2) is 11.6 Å². The molecule has 1 saturated heterocycles. The van der Waals surface area contributed by atoms with Gasteiger partial charge in [-0.3, -0.25) is 15.0 Å². The predicted octanol–water partition coefficient (Wildman–Crippen LogP) is 7.98. The number of carbonyl (C=O) groups excluding carboxylic acids is 2. The SMILES string of the molecule is CCCC(CC)N(C(=O)Nc1cccc(OC[C@@H]2COC(C)(C)O2)n1)c1nc(C(=O)C[C@@H](C)C(C)[C@H](C)C(F)(F)F)ccc1C. The molecule has 3 rings (SSSR count). The van der Waals surface area contributed by atoms with Crippen molar-refractivity contribution >= 4 is 23.5 Å². The summed E-state index contributed by atoms with van der Waals surface area (Å²) < 4.78 is 57.0. The molecule has 0 aliphatic carbocycles. The third kappa shape index (κ3) is 9.87. The van der Waals surface area contributed by atoms with E-state index in [0.29, 0.717) is 36.7 Å². The summed E-state index contributed by atoms with van der Waals surface area (Å²) in [4.78, 5) is 37.7. The highest BCUT2D eigenvalue weighted by atomic mass is 19.4. The van der Waals surface area contributed by atoms with Crippen molar-refractivity contribution in [2.45, 2.75) is 105 Å². The number of aryl methyl sites for hydroxylation is 1. The molecule has 1 fully saturated rings. The standard InChI is InChI=1S/C33H47F3N4O5/c1-9-12-24(10-2)40(31(42)39-28-13-11-14-29(38-28)43-18-25-19-44-32(7,8)45-25)30-20(3)15-16-26(37-30)27(41)17-21(4)22(5)23(6)33(34,35)36/h11,13-16,21-25H,9-10,12,17-19H2,1-8H3,(H,38,39,42)/t21-,22?,23+,24?,25-/m1/s1. The lowest BCUT2D eigenvalue weighted by Crippen LogP contribution is -2.44. The van der Waals surface area contributed by atoms with Gasteiger partial charge in [0, 0.05) is 18.5 Å². The Labute approximate surface area is 264 Å². The summed E-state index contributed by atoms with van der Waals surface area (Å²) in [5.74, 6) is -2.99. The number of halogens is 3. The summed E-state index contributed by atoms with van der Waals surface area (Å²) in [6.07, 6.45) is -2.58. The smallest absolute Gasteiger partial charge is 0.391 e. The number of ether oxygens (including phenoxy) is 3. The van der Waals surface area contributed by atoms with Crippen molar-refractivity contribution in [2.24, 2.45) is 17.8 Å². The Hall–Kier alpha value is -3.25. The van der Waals surface area contributed by atoms with Crippen molar-refractivity contribution in [2.75, 3.05) is 23.4 Å². The fourth-order valence-electron chi connectivity index (χ4n) is 5.33. The van der Waals surface area contributed by atoms with Gasteiger partial charge in [-0.15, -0.1) is 0 Å². The van der Waals surface area contributed by atoms with Crippen LogP contribution in [0.1, 0.15) is 90.2 Å². The number of Topliss-reactive ketones (excluding diaryl/α,β-unsaturated/α-hetero) is 1. The highest BCUT2D eigenvalue weighted by molar-refractivity contribution is 6.02. The van der Waals surface area contributed by atoms with E-state index in [1.165, 1.54) is 6.92 Å². The molecule has 0 spiro atoms. The number of hydrogen-bond donors (Lipinski definition) is 1. The maximum atomic E-state index is 13.9. The number of anilines is 2. The summed E-state index contributed by atoms with van der Waals surface area (Å²) >= 11 is 0. The Balaban J connectivity index is 1.82. The second-order valence-electron chi connectivity index (χ2n) is 12.4. The minimum atomic E-state index is -4.34. The quantitative estimate of drug-likeness (QED) is 0.210. The van der Waals surface area contributed by atoms with Crippen LogP contribution in [0.15, 0.2) is 30.3 Å². The lowest BCUT2D eigenvalue weighted by Gasteiger charge is -2.31. The molecule has 12 heteroatoms. The third-order valence-corrected chi connectivity index (χ3v) is 8.41. The van der Waals surface area contributed by atoms with Crippen LogP contribution in [0.25, 0.3) is 0 Å². The summed E-state index contributed by atoms with van der Waals surface area (Å²) in [6.45, 7) is 14.4. The number of amides is 2. The van der Waals surface area contributed by atoms with Gasteiger partial charge in [0.05, 0.1) is 12.5 Å². The van der Waals surface area contributed by atoms with E-state index < -0.39 is 35.7 Å². The van der Waals surface area contributed by atoms with E-state index in [4.69, 9.17) is 14.2 Å². The van der Waals surface area contributed by atoms with Crippen molar-refractivity contribution in [3.63, 3.8) is 0 Å². The van der Waals surface area contributed by atoms with E-state index in [9.17, 15) is 22.8 Å². The van der Waals surface area contributed by atoms with Crippen molar-refractivity contribution in [1.82, 2.24) is 9.97 Å². The number of aromatic nitrogens is 2. The number of nitrogens with zero attached hydrogens (tertiary/aromatic N) is 3. The molecular formula is C33H47F3N4O5. The summed E-state index contributed by atoms with van der Waals surface area (Å²) in [7, 11) is 0. The van der Waals surface area contributed by atoms with Crippen LogP contribution in [0.3, 0.4) is 0 Å². The summed E-state index contributed by atoms with van der Waals surface area (Å²) in [5.41, 5.74) is 0.781. The van der Waals surface area contributed by atoms with Crippen LogP contribution in [0.5, 0.6) is 5.88 Å². The van der Waals surface area contributed by atoms with E-state index >= 15 is 0 Å². The van der Waals surface area contributed by atoms with Crippen LogP contribution >= 0.6 is 0 Å². The largest absolute Gasteiger partial charge is 0.475 e. The van der Waals surface area contributed by atoms with Crippen LogP contribution in [-0.2, 0) is 9.47 Å². The predicted molar refractivity (Wildman–Crippen MR) is 167 cm³/mol. The molecule has 0 aromatic carbocycles. The molecule has 250 valence electrons. The molecule has 5 atom stereocenters. The monoisotopic (exact) mass is 636 g/mol. The molecule has 2 amide bonds. The van der Waals surface area contributed by atoms with Gasteiger partial charge < -0.3 is 14.2 Å². The number of ketones is 1. The molecule has 0 saturated carbocycles. The van der Waals surface area contributed by atoms with Gasteiger partial charge in [-0.2, -0.15) is 18.2 Å². The first kappa shape index (κ1) is 36.2. The van der Waals surface area contributed by atoms with Crippen molar-refractivity contribution in [1.29, 1.82) is 0 Å². The van der Waals surface area contributed by atoms with Crippen molar-refractivity contribution < 1.29 is 37.0 Å². The Kier molecular flexibility index (Phi) is 12.4. The molecule has 0 radical (unpaired) electrons. The second-order valence-corrected chi connectivity index (χ2v) is 12.4. The minimum absolute atomic E-state index is 0.0956. The maximum absolute atomic E-state index is 13.9. The van der Waals surface area contributed by atoms with Crippen LogP contribution in [0.2, 0.25) is 0 Å². The molecule has 2 unspecified atom stereocenters. The Bertz CT molecular complexity index is 1310. The Morgan fingerprint density at radius 3 is 2.44 bits per heavy atom. The van der Waals surface area contributed by atoms with E-state index in [1.54, 1.807) is 49.1 Å². The highest BCUT2D eigenvalue weighted by Crippen LogP contribution is 2.36. The number of rotatable bonds is 14. The van der Waals surface area contributed by atoms with Crippen LogP contribution in [0, 0.1) is 24.7 Å². The molecule has 3 heterocycles. The first-order chi connectivity index (χ1) is 21.1. The molecule has 1 aliphatic heterocycles. The molecule has 2 aromatic heterocycles. The van der Waals surface area contributed by atoms with Crippen LogP contribution in [-0.4, -0.2) is 59.1 Å². The first-order valence-corrected chi connectivity index (χ1v) is 15.7. The number of pyridine rings is 2. The maximum Gasteiger partial charge on any atom is 0.391 e. The minimum Gasteiger partial charge on any atom is -0.475 e. The molecule has 45 heavy (non-hydrogen) atoms. The lowest BCUT2D eigenvalue weighted by molar-refractivity contribution is -0.186. The average molecular weight is 637 g/mol. The molecular weight excluding hydrogens is 589 g/mol. The summed E-state index contributed by atoms with van der Waals surface area (Å²) in [6, 6.07) is 7.60. The third-order valence-electron chi connectivity index (χ3n) is 8.41. The van der Waals surface area contributed by atoms with Crippen molar-refractivity contribution in [3.8, 4) is 5.88 Å². The molecule has 1 N–H and O–H groups in total. The Morgan fingerprint density at radius 1 is 1.13 bits per heavy atom. The lowest BCUT2D eigenvalue weighted by atomic mass is 9.81. The topological polar surface area (TPSA) is 103 Å². The number of urea groups is 1. The van der Waals surface area contributed by atoms with E-state index in [-0.39, 0.29) is 42.5 Å². The first-order valence-electron chi connectivity index (χ1n) is 15.7. The highest BCUT2D eigenvalue weighted by Gasteiger charge is 2.41. The number of alkyl halides is 3. The van der Waals surface area contributed by atoms with Gasteiger partial charge in [-0.25, -0.2) is 9.78 Å². The fraction of sp³-hybridized carbons (Fsp3) is 0.636. The van der Waals surface area contributed by atoms with Crippen LogP contribution in [0.4, 0.5) is 29.6 Å². The molecule has 9 nitrogen and oxygen atoms in total. The van der Waals surface area contributed by atoms with Crippen LogP contribution < -0.4 is 15.0 Å². The fourth-order valence-corrected chi connectivity index (χ4v) is 5.33. The molecule has 0 bridgehead atoms. The van der Waals surface area contributed by atoms with Gasteiger partial charge in [0.2, 0.25) is 5.88 Å². The van der Waals surface area contributed by atoms with E-state index in [1.807, 2.05) is 27.7 Å². The van der Waals surface area contributed by atoms with Gasteiger partial charge in [0.25, 0.3) is 0 Å². The number of hydrogen-bond acceptors (Lipinski definition) is 7. The summed E-state index contributed by atoms with van der Waals surface area (Å²) in [5, 5.41) is 2.85. The van der Waals surface area contributed by atoms with E-state index in [0.717, 1.165) is 13.3 Å². The van der Waals surface area contributed by atoms with Crippen molar-refractivity contribution in [3.05, 3.63) is 41.6 Å². The average Bonchev–Trinajstić information content (AvgIpc) is 3.33. The zero-order chi connectivity index (χ0) is 33.5. The normalized spacial score (nSPS) is 19.0. The number of carbonyl (C=O) groups is 2. The van der Waals surface area contributed by atoms with Gasteiger partial charge in [-0.1, -0.05) is 53.2 Å². The molecule has 1 aliphatic rings. The van der Waals surface area contributed by atoms with Gasteiger partial charge >= 0.3 is 12.2 Å². The van der Waals surface area contributed by atoms with E-state index in [2.05, 4.69) is 15.3 Å².